The van der Waals surface area contributed by atoms with E-state index in [-0.39, 0.29) is 24.4 Å². The molecule has 2 N–H and O–H groups in total. The number of carbonyl (C=O) groups excluding carboxylic acids is 2. The molecule has 1 saturated heterocycles. The Labute approximate surface area is 186 Å². The van der Waals surface area contributed by atoms with Gasteiger partial charge in [0.05, 0.1) is 5.92 Å². The molecule has 2 aromatic rings. The van der Waals surface area contributed by atoms with Crippen LogP contribution in [0.3, 0.4) is 0 Å². The Kier molecular flexibility index (Phi) is 6.74. The second kappa shape index (κ2) is 9.50. The summed E-state index contributed by atoms with van der Waals surface area (Å²) in [6.07, 6.45) is 3.55. The van der Waals surface area contributed by atoms with Gasteiger partial charge in [-0.3, -0.25) is 9.59 Å². The largest absolute Gasteiger partial charge is 0.352 e. The first-order valence-electron chi connectivity index (χ1n) is 10.6. The first-order chi connectivity index (χ1) is 14.9. The van der Waals surface area contributed by atoms with E-state index in [1.807, 2.05) is 30.3 Å². The van der Waals surface area contributed by atoms with Crippen LogP contribution in [0.4, 0.5) is 0 Å². The van der Waals surface area contributed by atoms with Gasteiger partial charge in [0, 0.05) is 25.6 Å². The molecular formula is C22H27N3O4S2. The molecule has 0 bridgehead atoms. The highest BCUT2D eigenvalue weighted by atomic mass is 32.2. The Balaban J connectivity index is 1.43. The molecule has 166 valence electrons. The van der Waals surface area contributed by atoms with E-state index in [1.165, 1.54) is 15.6 Å². The topological polar surface area (TPSA) is 95.6 Å². The fraction of sp³-hybridized carbons (Fsp3) is 0.455. The van der Waals surface area contributed by atoms with E-state index in [2.05, 4.69) is 10.6 Å². The number of benzene rings is 1. The standard InChI is InChI=1S/C22H27N3O4S2/c26-21(17-8-4-12-25(15-17)31(28,29)20-9-5-13-30-20)24-19(22(27)23-18-10-11-18)14-16-6-2-1-3-7-16/h1-3,5-7,9,13,17-19H,4,8,10-12,14-15H2,(H,23,27)(H,24,26). The fourth-order valence-electron chi connectivity index (χ4n) is 3.79. The molecular weight excluding hydrogens is 434 g/mol. The summed E-state index contributed by atoms with van der Waals surface area (Å²) in [5.74, 6) is -0.924. The van der Waals surface area contributed by atoms with Gasteiger partial charge >= 0.3 is 0 Å². The quantitative estimate of drug-likeness (QED) is 0.630. The summed E-state index contributed by atoms with van der Waals surface area (Å²) in [4.78, 5) is 25.8. The van der Waals surface area contributed by atoms with Crippen LogP contribution in [-0.2, 0) is 26.0 Å². The minimum absolute atomic E-state index is 0.133. The number of thiophene rings is 1. The number of sulfonamides is 1. The molecule has 1 aromatic heterocycles. The first kappa shape index (κ1) is 22.0. The Morgan fingerprint density at radius 2 is 1.87 bits per heavy atom. The van der Waals surface area contributed by atoms with Crippen LogP contribution < -0.4 is 10.6 Å². The number of hydrogen-bond donors (Lipinski definition) is 2. The predicted octanol–water partition coefficient (Wildman–Crippen LogP) is 2.15. The maximum atomic E-state index is 13.1. The van der Waals surface area contributed by atoms with Crippen molar-refractivity contribution in [3.8, 4) is 0 Å². The zero-order valence-corrected chi connectivity index (χ0v) is 18.8. The van der Waals surface area contributed by atoms with E-state index < -0.39 is 22.0 Å². The molecule has 0 spiro atoms. The molecule has 2 atom stereocenters. The summed E-state index contributed by atoms with van der Waals surface area (Å²) in [7, 11) is -3.59. The van der Waals surface area contributed by atoms with Crippen molar-refractivity contribution < 1.29 is 18.0 Å². The molecule has 9 heteroatoms. The van der Waals surface area contributed by atoms with Crippen LogP contribution in [0.25, 0.3) is 0 Å². The van der Waals surface area contributed by atoms with E-state index in [1.54, 1.807) is 17.5 Å². The molecule has 1 aromatic carbocycles. The third-order valence-corrected chi connectivity index (χ3v) is 8.92. The second-order valence-electron chi connectivity index (χ2n) is 8.17. The normalized spacial score (nSPS) is 20.7. The van der Waals surface area contributed by atoms with Crippen LogP contribution >= 0.6 is 11.3 Å². The molecule has 2 heterocycles. The van der Waals surface area contributed by atoms with Gasteiger partial charge in [0.25, 0.3) is 10.0 Å². The molecule has 0 radical (unpaired) electrons. The number of rotatable bonds is 8. The Morgan fingerprint density at radius 1 is 1.10 bits per heavy atom. The highest BCUT2D eigenvalue weighted by Crippen LogP contribution is 2.26. The molecule has 2 aliphatic rings. The molecule has 7 nitrogen and oxygen atoms in total. The van der Waals surface area contributed by atoms with Crippen molar-refractivity contribution in [1.82, 2.24) is 14.9 Å². The average molecular weight is 462 g/mol. The summed E-state index contributed by atoms with van der Waals surface area (Å²) < 4.78 is 27.4. The van der Waals surface area contributed by atoms with Gasteiger partial charge < -0.3 is 10.6 Å². The first-order valence-corrected chi connectivity index (χ1v) is 12.9. The minimum atomic E-state index is -3.59. The third-order valence-electron chi connectivity index (χ3n) is 5.68. The number of amides is 2. The van der Waals surface area contributed by atoms with Crippen LogP contribution in [-0.4, -0.2) is 49.7 Å². The van der Waals surface area contributed by atoms with Gasteiger partial charge in [0.2, 0.25) is 11.8 Å². The lowest BCUT2D eigenvalue weighted by Gasteiger charge is -2.31. The number of nitrogens with zero attached hydrogens (tertiary/aromatic N) is 1. The van der Waals surface area contributed by atoms with E-state index >= 15 is 0 Å². The van der Waals surface area contributed by atoms with Crippen LogP contribution in [0, 0.1) is 5.92 Å². The molecule has 2 amide bonds. The van der Waals surface area contributed by atoms with E-state index in [0.717, 1.165) is 18.4 Å². The zero-order valence-electron chi connectivity index (χ0n) is 17.2. The lowest BCUT2D eigenvalue weighted by Crippen LogP contribution is -2.52. The molecule has 2 fully saturated rings. The van der Waals surface area contributed by atoms with Gasteiger partial charge in [0.15, 0.2) is 0 Å². The average Bonchev–Trinajstić information content (AvgIpc) is 3.40. The van der Waals surface area contributed by atoms with Crippen molar-refractivity contribution in [2.45, 2.75) is 48.4 Å². The number of carbonyl (C=O) groups is 2. The van der Waals surface area contributed by atoms with Crippen molar-refractivity contribution in [1.29, 1.82) is 0 Å². The Hall–Kier alpha value is -2.23. The van der Waals surface area contributed by atoms with Gasteiger partial charge in [-0.1, -0.05) is 36.4 Å². The van der Waals surface area contributed by atoms with Gasteiger partial charge in [-0.2, -0.15) is 4.31 Å². The Morgan fingerprint density at radius 3 is 2.55 bits per heavy atom. The smallest absolute Gasteiger partial charge is 0.252 e. The lowest BCUT2D eigenvalue weighted by atomic mass is 9.97. The van der Waals surface area contributed by atoms with Crippen LogP contribution in [0.1, 0.15) is 31.2 Å². The van der Waals surface area contributed by atoms with Crippen molar-refractivity contribution >= 4 is 33.2 Å². The number of piperidine rings is 1. The maximum Gasteiger partial charge on any atom is 0.252 e. The maximum absolute atomic E-state index is 13.1. The van der Waals surface area contributed by atoms with E-state index in [4.69, 9.17) is 0 Å². The summed E-state index contributed by atoms with van der Waals surface area (Å²) in [5.41, 5.74) is 0.962. The van der Waals surface area contributed by atoms with Crippen LogP contribution in [0.5, 0.6) is 0 Å². The van der Waals surface area contributed by atoms with Crippen molar-refractivity contribution in [3.05, 3.63) is 53.4 Å². The summed E-state index contributed by atoms with van der Waals surface area (Å²) >= 11 is 1.18. The molecule has 1 aliphatic carbocycles. The van der Waals surface area contributed by atoms with Crippen molar-refractivity contribution in [2.75, 3.05) is 13.1 Å². The highest BCUT2D eigenvalue weighted by molar-refractivity contribution is 7.91. The number of nitrogens with one attached hydrogen (secondary N) is 2. The summed E-state index contributed by atoms with van der Waals surface area (Å²) in [6.45, 7) is 0.536. The molecule has 1 saturated carbocycles. The van der Waals surface area contributed by atoms with Gasteiger partial charge in [-0.15, -0.1) is 11.3 Å². The predicted molar refractivity (Wildman–Crippen MR) is 119 cm³/mol. The highest BCUT2D eigenvalue weighted by Gasteiger charge is 2.35. The number of hydrogen-bond acceptors (Lipinski definition) is 5. The van der Waals surface area contributed by atoms with E-state index in [9.17, 15) is 18.0 Å². The van der Waals surface area contributed by atoms with Crippen molar-refractivity contribution in [3.63, 3.8) is 0 Å². The summed E-state index contributed by atoms with van der Waals surface area (Å²) in [5, 5.41) is 7.61. The van der Waals surface area contributed by atoms with Crippen LogP contribution in [0.15, 0.2) is 52.1 Å². The van der Waals surface area contributed by atoms with E-state index in [0.29, 0.717) is 30.0 Å². The molecule has 1 aliphatic heterocycles. The second-order valence-corrected chi connectivity index (χ2v) is 11.3. The molecule has 31 heavy (non-hydrogen) atoms. The fourth-order valence-corrected chi connectivity index (χ4v) is 6.46. The SMILES string of the molecule is O=C(NC(Cc1ccccc1)C(=O)NC1CC1)C1CCCN(S(=O)(=O)c2cccs2)C1. The lowest BCUT2D eigenvalue weighted by molar-refractivity contribution is -0.131. The van der Waals surface area contributed by atoms with Gasteiger partial charge in [0.1, 0.15) is 10.3 Å². The Bertz CT molecular complexity index is 1000. The minimum Gasteiger partial charge on any atom is -0.352 e. The third kappa shape index (κ3) is 5.53. The van der Waals surface area contributed by atoms with Crippen molar-refractivity contribution in [2.24, 2.45) is 5.92 Å². The molecule has 2 unspecified atom stereocenters. The van der Waals surface area contributed by atoms with Crippen LogP contribution in [0.2, 0.25) is 0 Å². The molecule has 4 rings (SSSR count). The monoisotopic (exact) mass is 461 g/mol. The van der Waals surface area contributed by atoms with Gasteiger partial charge in [-0.05, 0) is 42.7 Å². The zero-order chi connectivity index (χ0) is 21.8. The summed E-state index contributed by atoms with van der Waals surface area (Å²) in [6, 6.07) is 12.4. The van der Waals surface area contributed by atoms with Gasteiger partial charge in [-0.25, -0.2) is 8.42 Å².